The number of ether oxygens (including phenoxy) is 1. The van der Waals surface area contributed by atoms with Gasteiger partial charge in [0.25, 0.3) is 0 Å². The molecule has 0 radical (unpaired) electrons. The summed E-state index contributed by atoms with van der Waals surface area (Å²) in [5.74, 6) is 0.827. The van der Waals surface area contributed by atoms with E-state index < -0.39 is 0 Å². The topological polar surface area (TPSA) is 44.4 Å². The number of aromatic nitrogens is 2. The number of nitrogens with zero attached hydrogens (tertiary/aromatic N) is 3. The molecule has 134 valence electrons. The highest BCUT2D eigenvalue weighted by Crippen LogP contribution is 2.31. The summed E-state index contributed by atoms with van der Waals surface area (Å²) in [6.45, 7) is 4.94. The molecule has 0 spiro atoms. The van der Waals surface area contributed by atoms with Gasteiger partial charge in [-0.2, -0.15) is 0 Å². The van der Waals surface area contributed by atoms with Crippen LogP contribution in [0, 0.1) is 5.82 Å². The van der Waals surface area contributed by atoms with Crippen LogP contribution in [0.3, 0.4) is 0 Å². The van der Waals surface area contributed by atoms with E-state index in [2.05, 4.69) is 31.9 Å². The van der Waals surface area contributed by atoms with Crippen molar-refractivity contribution >= 4 is 22.4 Å². The normalized spacial score (nSPS) is 17.6. The van der Waals surface area contributed by atoms with Gasteiger partial charge in [-0.15, -0.1) is 0 Å². The average molecular weight is 352 g/mol. The molecule has 0 aliphatic carbocycles. The fourth-order valence-electron chi connectivity index (χ4n) is 4.02. The van der Waals surface area contributed by atoms with E-state index in [0.29, 0.717) is 0 Å². The van der Waals surface area contributed by atoms with Crippen LogP contribution in [0.4, 0.5) is 15.9 Å². The highest BCUT2D eigenvalue weighted by molar-refractivity contribution is 5.85. The molecule has 0 bridgehead atoms. The van der Waals surface area contributed by atoms with Gasteiger partial charge in [-0.3, -0.25) is 0 Å². The first-order chi connectivity index (χ1) is 12.8. The van der Waals surface area contributed by atoms with Crippen molar-refractivity contribution in [1.82, 2.24) is 9.97 Å². The number of anilines is 2. The quantitative estimate of drug-likeness (QED) is 0.770. The van der Waals surface area contributed by atoms with E-state index in [1.807, 2.05) is 12.3 Å². The summed E-state index contributed by atoms with van der Waals surface area (Å²) in [6.07, 6.45) is 2.77. The summed E-state index contributed by atoms with van der Waals surface area (Å²) >= 11 is 0. The molecule has 0 amide bonds. The Morgan fingerprint density at radius 2 is 1.92 bits per heavy atom. The molecule has 2 aliphatic rings. The molecule has 4 heterocycles. The van der Waals surface area contributed by atoms with Crippen LogP contribution >= 0.6 is 0 Å². The van der Waals surface area contributed by atoms with Crippen molar-refractivity contribution in [3.63, 3.8) is 0 Å². The standard InChI is InChI=1S/C20H21FN4O/c21-16-2-1-3-17-20(16)15-6-7-25(13-18(15)23-17)19-5-4-14(12-22-19)24-8-10-26-11-9-24/h1-5,12,23H,6-11,13H2. The lowest BCUT2D eigenvalue weighted by Crippen LogP contribution is -2.36. The SMILES string of the molecule is Fc1cccc2[nH]c3c(c12)CCN(c1ccc(N2CCOCC2)cn1)C3. The molecule has 6 heteroatoms. The van der Waals surface area contributed by atoms with Crippen LogP contribution in [0.25, 0.3) is 10.9 Å². The van der Waals surface area contributed by atoms with Gasteiger partial charge in [0.2, 0.25) is 0 Å². The number of benzene rings is 1. The molecule has 0 atom stereocenters. The second-order valence-corrected chi connectivity index (χ2v) is 6.89. The maximum Gasteiger partial charge on any atom is 0.132 e. The monoisotopic (exact) mass is 352 g/mol. The van der Waals surface area contributed by atoms with Crippen LogP contribution in [-0.2, 0) is 17.7 Å². The van der Waals surface area contributed by atoms with E-state index in [0.717, 1.165) is 79.5 Å². The smallest absolute Gasteiger partial charge is 0.132 e. The zero-order chi connectivity index (χ0) is 17.5. The maximum absolute atomic E-state index is 14.2. The Morgan fingerprint density at radius 1 is 1.04 bits per heavy atom. The lowest BCUT2D eigenvalue weighted by atomic mass is 10.0. The maximum atomic E-state index is 14.2. The first-order valence-corrected chi connectivity index (χ1v) is 9.11. The van der Waals surface area contributed by atoms with Gasteiger partial charge in [0.05, 0.1) is 31.6 Å². The summed E-state index contributed by atoms with van der Waals surface area (Å²) in [4.78, 5) is 12.6. The van der Waals surface area contributed by atoms with Crippen molar-refractivity contribution in [2.24, 2.45) is 0 Å². The number of nitrogens with one attached hydrogen (secondary N) is 1. The molecule has 1 aromatic carbocycles. The number of pyridine rings is 1. The van der Waals surface area contributed by atoms with E-state index in [1.54, 1.807) is 6.07 Å². The van der Waals surface area contributed by atoms with Gasteiger partial charge in [-0.05, 0) is 36.2 Å². The molecule has 5 nitrogen and oxygen atoms in total. The molecule has 1 saturated heterocycles. The molecule has 0 saturated carbocycles. The minimum Gasteiger partial charge on any atom is -0.378 e. The van der Waals surface area contributed by atoms with E-state index in [4.69, 9.17) is 4.74 Å². The van der Waals surface area contributed by atoms with Gasteiger partial charge in [-0.1, -0.05) is 6.07 Å². The van der Waals surface area contributed by atoms with Crippen LogP contribution in [0.15, 0.2) is 36.5 Å². The van der Waals surface area contributed by atoms with Crippen molar-refractivity contribution in [2.75, 3.05) is 42.6 Å². The molecule has 2 aliphatic heterocycles. The Morgan fingerprint density at radius 3 is 2.73 bits per heavy atom. The summed E-state index contributed by atoms with van der Waals surface area (Å²) in [6, 6.07) is 9.45. The highest BCUT2D eigenvalue weighted by atomic mass is 19.1. The van der Waals surface area contributed by atoms with Crippen LogP contribution in [-0.4, -0.2) is 42.8 Å². The average Bonchev–Trinajstić information content (AvgIpc) is 3.08. The van der Waals surface area contributed by atoms with Crippen LogP contribution < -0.4 is 9.80 Å². The van der Waals surface area contributed by atoms with E-state index in [1.165, 1.54) is 6.07 Å². The van der Waals surface area contributed by atoms with Crippen molar-refractivity contribution in [3.8, 4) is 0 Å². The third-order valence-electron chi connectivity index (χ3n) is 5.38. The van der Waals surface area contributed by atoms with Crippen LogP contribution in [0.5, 0.6) is 0 Å². The van der Waals surface area contributed by atoms with Gasteiger partial charge in [0.15, 0.2) is 0 Å². The molecule has 5 rings (SSSR count). The lowest BCUT2D eigenvalue weighted by Gasteiger charge is -2.30. The summed E-state index contributed by atoms with van der Waals surface area (Å²) < 4.78 is 19.6. The van der Waals surface area contributed by atoms with Crippen molar-refractivity contribution in [2.45, 2.75) is 13.0 Å². The number of fused-ring (bicyclic) bond motifs is 3. The Balaban J connectivity index is 1.39. The largest absolute Gasteiger partial charge is 0.378 e. The van der Waals surface area contributed by atoms with E-state index in [9.17, 15) is 4.39 Å². The van der Waals surface area contributed by atoms with E-state index in [-0.39, 0.29) is 5.82 Å². The minimum atomic E-state index is -0.138. The number of hydrogen-bond acceptors (Lipinski definition) is 4. The molecule has 0 unspecified atom stereocenters. The van der Waals surface area contributed by atoms with Crippen LogP contribution in [0.2, 0.25) is 0 Å². The Hall–Kier alpha value is -2.60. The minimum absolute atomic E-state index is 0.138. The summed E-state index contributed by atoms with van der Waals surface area (Å²) in [7, 11) is 0. The molecule has 1 fully saturated rings. The molecule has 26 heavy (non-hydrogen) atoms. The zero-order valence-corrected chi connectivity index (χ0v) is 14.5. The number of aromatic amines is 1. The van der Waals surface area contributed by atoms with Gasteiger partial charge in [0, 0.05) is 36.2 Å². The van der Waals surface area contributed by atoms with Gasteiger partial charge in [0.1, 0.15) is 11.6 Å². The predicted molar refractivity (Wildman–Crippen MR) is 100 cm³/mol. The zero-order valence-electron chi connectivity index (χ0n) is 14.5. The third kappa shape index (κ3) is 2.61. The number of rotatable bonds is 2. The molecular weight excluding hydrogens is 331 g/mol. The number of H-pyrrole nitrogens is 1. The summed E-state index contributed by atoms with van der Waals surface area (Å²) in [5, 5.41) is 0.748. The summed E-state index contributed by atoms with van der Waals surface area (Å²) in [5.41, 5.74) is 4.23. The second-order valence-electron chi connectivity index (χ2n) is 6.89. The predicted octanol–water partition coefficient (Wildman–Crippen LogP) is 3.10. The fraction of sp³-hybridized carbons (Fsp3) is 0.350. The Labute approximate surface area is 151 Å². The number of halogens is 1. The number of hydrogen-bond donors (Lipinski definition) is 1. The molecular formula is C20H21FN4O. The van der Waals surface area contributed by atoms with E-state index >= 15 is 0 Å². The lowest BCUT2D eigenvalue weighted by molar-refractivity contribution is 0.122. The van der Waals surface area contributed by atoms with Gasteiger partial charge < -0.3 is 19.5 Å². The number of morpholine rings is 1. The Bertz CT molecular complexity index is 931. The van der Waals surface area contributed by atoms with Crippen molar-refractivity contribution in [3.05, 3.63) is 53.6 Å². The first kappa shape index (κ1) is 15.6. The van der Waals surface area contributed by atoms with Crippen LogP contribution in [0.1, 0.15) is 11.3 Å². The fourth-order valence-corrected chi connectivity index (χ4v) is 4.02. The van der Waals surface area contributed by atoms with Crippen molar-refractivity contribution in [1.29, 1.82) is 0 Å². The highest BCUT2D eigenvalue weighted by Gasteiger charge is 2.23. The van der Waals surface area contributed by atoms with Gasteiger partial charge in [-0.25, -0.2) is 9.37 Å². The first-order valence-electron chi connectivity index (χ1n) is 9.11. The molecule has 2 aromatic heterocycles. The Kier molecular flexibility index (Phi) is 3.78. The van der Waals surface area contributed by atoms with Crippen molar-refractivity contribution < 1.29 is 9.13 Å². The third-order valence-corrected chi connectivity index (χ3v) is 5.38. The second kappa shape index (κ2) is 6.29. The molecule has 1 N–H and O–H groups in total. The van der Waals surface area contributed by atoms with Gasteiger partial charge >= 0.3 is 0 Å². The molecule has 3 aromatic rings.